The highest BCUT2D eigenvalue weighted by molar-refractivity contribution is 7.14. The van der Waals surface area contributed by atoms with E-state index in [0.29, 0.717) is 0 Å². The van der Waals surface area contributed by atoms with Crippen molar-refractivity contribution >= 4 is 17.1 Å². The minimum absolute atomic E-state index is 0.0283. The fourth-order valence-corrected chi connectivity index (χ4v) is 1.94. The van der Waals surface area contributed by atoms with Gasteiger partial charge in [0.15, 0.2) is 5.78 Å². The highest BCUT2D eigenvalue weighted by Crippen LogP contribution is 2.21. The second kappa shape index (κ2) is 3.01. The number of thiophene rings is 1. The highest BCUT2D eigenvalue weighted by atomic mass is 32.1. The van der Waals surface area contributed by atoms with E-state index in [1.165, 1.54) is 22.3 Å². The molecule has 11 heavy (non-hydrogen) atoms. The Hall–Kier alpha value is -0.890. The van der Waals surface area contributed by atoms with Crippen molar-refractivity contribution in [3.8, 4) is 0 Å². The van der Waals surface area contributed by atoms with E-state index in [0.717, 1.165) is 10.4 Å². The van der Waals surface area contributed by atoms with E-state index in [1.807, 2.05) is 19.9 Å². The summed E-state index contributed by atoms with van der Waals surface area (Å²) in [4.78, 5) is 13.1. The van der Waals surface area contributed by atoms with Crippen LogP contribution in [0.5, 0.6) is 0 Å². The van der Waals surface area contributed by atoms with Gasteiger partial charge in [0, 0.05) is 4.88 Å². The SMILES string of the molecule is C=CC(=O)c1sc(C)cc1C. The van der Waals surface area contributed by atoms with Gasteiger partial charge in [-0.3, -0.25) is 4.79 Å². The molecule has 0 aromatic carbocycles. The van der Waals surface area contributed by atoms with Crippen molar-refractivity contribution in [2.24, 2.45) is 0 Å². The third-order valence-corrected chi connectivity index (χ3v) is 2.62. The molecule has 0 unspecified atom stereocenters. The molecule has 1 nitrogen and oxygen atoms in total. The predicted octanol–water partition coefficient (Wildman–Crippen LogP) is 2.73. The lowest BCUT2D eigenvalue weighted by Crippen LogP contribution is -1.90. The number of allylic oxidation sites excluding steroid dienone is 1. The van der Waals surface area contributed by atoms with E-state index in [4.69, 9.17) is 0 Å². The van der Waals surface area contributed by atoms with Gasteiger partial charge in [-0.15, -0.1) is 11.3 Å². The van der Waals surface area contributed by atoms with Gasteiger partial charge in [-0.1, -0.05) is 6.58 Å². The van der Waals surface area contributed by atoms with Crippen LogP contribution in [0, 0.1) is 13.8 Å². The lowest BCUT2D eigenvalue weighted by Gasteiger charge is -1.89. The Bertz CT molecular complexity index is 297. The lowest BCUT2D eigenvalue weighted by molar-refractivity contribution is 0.105. The summed E-state index contributed by atoms with van der Waals surface area (Å²) in [6.07, 6.45) is 1.36. The first-order chi connectivity index (χ1) is 5.15. The van der Waals surface area contributed by atoms with Crippen LogP contribution >= 0.6 is 11.3 Å². The highest BCUT2D eigenvalue weighted by Gasteiger charge is 2.07. The fourth-order valence-electron chi connectivity index (χ4n) is 0.979. The second-order valence-electron chi connectivity index (χ2n) is 2.44. The summed E-state index contributed by atoms with van der Waals surface area (Å²) in [6, 6.07) is 2.02. The minimum Gasteiger partial charge on any atom is -0.288 e. The van der Waals surface area contributed by atoms with Gasteiger partial charge in [0.25, 0.3) is 0 Å². The Morgan fingerprint density at radius 2 is 2.27 bits per heavy atom. The van der Waals surface area contributed by atoms with E-state index in [9.17, 15) is 4.79 Å². The zero-order valence-electron chi connectivity index (χ0n) is 6.68. The van der Waals surface area contributed by atoms with Crippen LogP contribution in [0.15, 0.2) is 18.7 Å². The summed E-state index contributed by atoms with van der Waals surface area (Å²) in [7, 11) is 0. The van der Waals surface area contributed by atoms with Crippen molar-refractivity contribution < 1.29 is 4.79 Å². The molecule has 0 N–H and O–H groups in total. The average molecular weight is 166 g/mol. The van der Waals surface area contributed by atoms with Crippen LogP contribution in [0.1, 0.15) is 20.1 Å². The summed E-state index contributed by atoms with van der Waals surface area (Å²) >= 11 is 1.53. The maximum Gasteiger partial charge on any atom is 0.195 e. The number of carbonyl (C=O) groups is 1. The largest absolute Gasteiger partial charge is 0.288 e. The summed E-state index contributed by atoms with van der Waals surface area (Å²) in [5.74, 6) is 0.0283. The molecular formula is C9H10OS. The molecular weight excluding hydrogens is 156 g/mol. The molecule has 58 valence electrons. The summed E-state index contributed by atoms with van der Waals surface area (Å²) in [5, 5.41) is 0. The number of aryl methyl sites for hydroxylation is 2. The van der Waals surface area contributed by atoms with Crippen LogP contribution in [0.25, 0.3) is 0 Å². The summed E-state index contributed by atoms with van der Waals surface area (Å²) in [6.45, 7) is 7.39. The molecule has 0 saturated carbocycles. The van der Waals surface area contributed by atoms with E-state index in [-0.39, 0.29) is 5.78 Å². The first-order valence-electron chi connectivity index (χ1n) is 3.39. The molecule has 1 aromatic rings. The van der Waals surface area contributed by atoms with Gasteiger partial charge < -0.3 is 0 Å². The number of hydrogen-bond acceptors (Lipinski definition) is 2. The Morgan fingerprint density at radius 1 is 1.64 bits per heavy atom. The van der Waals surface area contributed by atoms with E-state index in [2.05, 4.69) is 6.58 Å². The average Bonchev–Trinajstić information content (AvgIpc) is 2.28. The summed E-state index contributed by atoms with van der Waals surface area (Å²) < 4.78 is 0. The summed E-state index contributed by atoms with van der Waals surface area (Å²) in [5.41, 5.74) is 1.05. The molecule has 0 spiro atoms. The number of hydrogen-bond donors (Lipinski definition) is 0. The molecule has 0 amide bonds. The molecule has 0 aliphatic rings. The monoisotopic (exact) mass is 166 g/mol. The zero-order chi connectivity index (χ0) is 8.43. The fraction of sp³-hybridized carbons (Fsp3) is 0.222. The van der Waals surface area contributed by atoms with Gasteiger partial charge in [-0.2, -0.15) is 0 Å². The zero-order valence-corrected chi connectivity index (χ0v) is 7.49. The number of carbonyl (C=O) groups excluding carboxylic acids is 1. The van der Waals surface area contributed by atoms with E-state index >= 15 is 0 Å². The molecule has 2 heteroatoms. The number of rotatable bonds is 2. The topological polar surface area (TPSA) is 17.1 Å². The van der Waals surface area contributed by atoms with E-state index in [1.54, 1.807) is 0 Å². The molecule has 0 aliphatic carbocycles. The Balaban J connectivity index is 3.12. The van der Waals surface area contributed by atoms with Crippen molar-refractivity contribution in [2.75, 3.05) is 0 Å². The van der Waals surface area contributed by atoms with Crippen LogP contribution in [-0.4, -0.2) is 5.78 Å². The van der Waals surface area contributed by atoms with Crippen LogP contribution in [-0.2, 0) is 0 Å². The number of ketones is 1. The van der Waals surface area contributed by atoms with Crippen molar-refractivity contribution in [1.29, 1.82) is 0 Å². The van der Waals surface area contributed by atoms with Crippen LogP contribution in [0.4, 0.5) is 0 Å². The first kappa shape index (κ1) is 8.21. The Morgan fingerprint density at radius 3 is 2.64 bits per heavy atom. The Labute approximate surface area is 70.4 Å². The van der Waals surface area contributed by atoms with Gasteiger partial charge >= 0.3 is 0 Å². The lowest BCUT2D eigenvalue weighted by atomic mass is 10.2. The van der Waals surface area contributed by atoms with Gasteiger partial charge in [0.05, 0.1) is 4.88 Å². The molecule has 1 rings (SSSR count). The van der Waals surface area contributed by atoms with Gasteiger partial charge in [-0.05, 0) is 31.6 Å². The molecule has 0 atom stereocenters. The van der Waals surface area contributed by atoms with E-state index < -0.39 is 0 Å². The van der Waals surface area contributed by atoms with Gasteiger partial charge in [0.2, 0.25) is 0 Å². The molecule has 1 aromatic heterocycles. The van der Waals surface area contributed by atoms with Crippen molar-refractivity contribution in [1.82, 2.24) is 0 Å². The second-order valence-corrected chi connectivity index (χ2v) is 3.69. The molecule has 1 heterocycles. The Kier molecular flexibility index (Phi) is 2.25. The standard InChI is InChI=1S/C9H10OS/c1-4-8(10)9-6(2)5-7(3)11-9/h4-5H,1H2,2-3H3. The van der Waals surface area contributed by atoms with Crippen LogP contribution in [0.3, 0.4) is 0 Å². The molecule has 0 fully saturated rings. The van der Waals surface area contributed by atoms with Crippen LogP contribution in [0.2, 0.25) is 0 Å². The minimum atomic E-state index is 0.0283. The predicted molar refractivity (Wildman–Crippen MR) is 48.3 cm³/mol. The first-order valence-corrected chi connectivity index (χ1v) is 4.20. The molecule has 0 radical (unpaired) electrons. The molecule has 0 aliphatic heterocycles. The third kappa shape index (κ3) is 1.57. The molecule has 0 saturated heterocycles. The van der Waals surface area contributed by atoms with Crippen molar-refractivity contribution in [2.45, 2.75) is 13.8 Å². The van der Waals surface area contributed by atoms with Crippen molar-refractivity contribution in [3.63, 3.8) is 0 Å². The maximum atomic E-state index is 11.1. The van der Waals surface area contributed by atoms with Crippen LogP contribution < -0.4 is 0 Å². The van der Waals surface area contributed by atoms with Crippen molar-refractivity contribution in [3.05, 3.63) is 34.0 Å². The molecule has 0 bridgehead atoms. The quantitative estimate of drug-likeness (QED) is 0.487. The van der Waals surface area contributed by atoms with Gasteiger partial charge in [-0.25, -0.2) is 0 Å². The van der Waals surface area contributed by atoms with Gasteiger partial charge in [0.1, 0.15) is 0 Å². The maximum absolute atomic E-state index is 11.1. The smallest absolute Gasteiger partial charge is 0.195 e. The normalized spacial score (nSPS) is 9.64. The third-order valence-electron chi connectivity index (χ3n) is 1.45.